The number of para-hydroxylation sites is 1. The Morgan fingerprint density at radius 1 is 1.16 bits per heavy atom. The molecule has 0 bridgehead atoms. The maximum absolute atomic E-state index is 13.5. The number of carbonyl (C=O) groups excluding carboxylic acids is 2. The van der Waals surface area contributed by atoms with Crippen molar-refractivity contribution in [2.45, 2.75) is 13.0 Å². The van der Waals surface area contributed by atoms with Crippen molar-refractivity contribution in [3.05, 3.63) is 72.2 Å². The topological polar surface area (TPSA) is 111 Å². The van der Waals surface area contributed by atoms with Crippen molar-refractivity contribution < 1.29 is 23.6 Å². The first-order chi connectivity index (χ1) is 15.2. The molecule has 8 heteroatoms. The minimum absolute atomic E-state index is 0.363. The summed E-state index contributed by atoms with van der Waals surface area (Å²) in [6.07, 6.45) is 3.68. The Labute approximate surface area is 185 Å². The van der Waals surface area contributed by atoms with Crippen LogP contribution in [-0.2, 0) is 4.79 Å². The van der Waals surface area contributed by atoms with Crippen LogP contribution in [0.3, 0.4) is 0 Å². The molecular weight excluding hydrogens is 408 g/mol. The molecule has 2 amide bonds. The second-order valence-corrected chi connectivity index (χ2v) is 8.20. The fraction of sp³-hybridized carbons (Fsp3) is 0.208. The van der Waals surface area contributed by atoms with Crippen molar-refractivity contribution in [2.75, 3.05) is 20.7 Å². The summed E-state index contributed by atoms with van der Waals surface area (Å²) in [5.41, 5.74) is 9.04. The molecule has 4 rings (SSSR count). The highest BCUT2D eigenvalue weighted by Crippen LogP contribution is 2.32. The van der Waals surface area contributed by atoms with E-state index in [0.717, 1.165) is 16.8 Å². The number of rotatable bonds is 6. The predicted octanol–water partition coefficient (Wildman–Crippen LogP) is 2.66. The van der Waals surface area contributed by atoms with Crippen molar-refractivity contribution in [1.82, 2.24) is 9.78 Å². The number of amides is 2. The summed E-state index contributed by atoms with van der Waals surface area (Å²) in [6.45, 7) is 1.17. The molecule has 1 atom stereocenters. The largest absolute Gasteiger partial charge is 0.460 e. The molecule has 32 heavy (non-hydrogen) atoms. The zero-order chi connectivity index (χ0) is 23.0. The van der Waals surface area contributed by atoms with Gasteiger partial charge in [0.1, 0.15) is 23.5 Å². The van der Waals surface area contributed by atoms with Gasteiger partial charge in [0.05, 0.1) is 26.0 Å². The van der Waals surface area contributed by atoms with E-state index in [1.54, 1.807) is 31.9 Å². The number of fused-ring (bicyclic) bond motifs is 1. The van der Waals surface area contributed by atoms with E-state index in [-0.39, 0.29) is 5.91 Å². The fourth-order valence-corrected chi connectivity index (χ4v) is 3.90. The van der Waals surface area contributed by atoms with Gasteiger partial charge in [-0.2, -0.15) is 5.10 Å². The molecule has 2 aromatic heterocycles. The standard InChI is InChI=1S/C24H24N4O4/c1-15-22(24(31)28(2,3)20(14-29)23(25)30)19-11-16(9-10-21(19)32-15)17-12-26-27(13-17)18-7-5-4-6-8-18/h4-13,20,29H,14H2,1-3H3,(H-,25,30)/p+1. The summed E-state index contributed by atoms with van der Waals surface area (Å²) in [6, 6.07) is 14.3. The Morgan fingerprint density at radius 3 is 2.53 bits per heavy atom. The summed E-state index contributed by atoms with van der Waals surface area (Å²) in [7, 11) is 3.11. The second-order valence-electron chi connectivity index (χ2n) is 8.20. The molecule has 3 N–H and O–H groups in total. The number of aliphatic hydroxyl groups excluding tert-OH is 1. The van der Waals surface area contributed by atoms with Gasteiger partial charge in [0.25, 0.3) is 5.91 Å². The first-order valence-electron chi connectivity index (χ1n) is 10.2. The van der Waals surface area contributed by atoms with Gasteiger partial charge < -0.3 is 15.3 Å². The SMILES string of the molecule is Cc1oc2ccc(-c3cnn(-c4ccccc4)c3)cc2c1C(=O)[N+](C)(C)C(CO)C(N)=O. The number of furan rings is 1. The minimum atomic E-state index is -1.07. The Bertz CT molecular complexity index is 1300. The lowest BCUT2D eigenvalue weighted by Gasteiger charge is -2.32. The van der Waals surface area contributed by atoms with Crippen LogP contribution in [0.2, 0.25) is 0 Å². The molecule has 1 unspecified atom stereocenters. The molecule has 0 fully saturated rings. The Kier molecular flexibility index (Phi) is 5.41. The van der Waals surface area contributed by atoms with Crippen molar-refractivity contribution in [2.24, 2.45) is 5.73 Å². The number of nitrogens with zero attached hydrogens (tertiary/aromatic N) is 3. The molecule has 0 radical (unpaired) electrons. The molecular formula is C24H25N4O4+. The van der Waals surface area contributed by atoms with Crippen LogP contribution in [0.5, 0.6) is 0 Å². The highest BCUT2D eigenvalue weighted by Gasteiger charge is 2.42. The van der Waals surface area contributed by atoms with Gasteiger partial charge in [-0.15, -0.1) is 0 Å². The van der Waals surface area contributed by atoms with Crippen molar-refractivity contribution >= 4 is 22.8 Å². The first kappa shape index (κ1) is 21.5. The number of quaternary nitrogens is 1. The van der Waals surface area contributed by atoms with Crippen LogP contribution in [0.4, 0.5) is 0 Å². The number of primary amides is 1. The van der Waals surface area contributed by atoms with E-state index in [9.17, 15) is 14.7 Å². The molecule has 0 aliphatic rings. The highest BCUT2D eigenvalue weighted by atomic mass is 16.3. The van der Waals surface area contributed by atoms with Crippen molar-refractivity contribution in [1.29, 1.82) is 0 Å². The summed E-state index contributed by atoms with van der Waals surface area (Å²) >= 11 is 0. The lowest BCUT2D eigenvalue weighted by Crippen LogP contribution is -2.60. The van der Waals surface area contributed by atoms with Gasteiger partial charge in [-0.3, -0.25) is 4.79 Å². The maximum atomic E-state index is 13.5. The van der Waals surface area contributed by atoms with E-state index >= 15 is 0 Å². The number of likely N-dealkylation sites (N-methyl/N-ethyl adjacent to an activating group) is 1. The van der Waals surface area contributed by atoms with E-state index in [0.29, 0.717) is 22.3 Å². The molecule has 0 aliphatic carbocycles. The summed E-state index contributed by atoms with van der Waals surface area (Å²) in [5, 5.41) is 14.7. The van der Waals surface area contributed by atoms with Crippen LogP contribution >= 0.6 is 0 Å². The van der Waals surface area contributed by atoms with Gasteiger partial charge in [-0.25, -0.2) is 14.0 Å². The molecule has 164 valence electrons. The lowest BCUT2D eigenvalue weighted by molar-refractivity contribution is -0.825. The molecule has 0 spiro atoms. The number of benzene rings is 2. The van der Waals surface area contributed by atoms with E-state index in [1.807, 2.05) is 54.7 Å². The summed E-state index contributed by atoms with van der Waals surface area (Å²) in [5.74, 6) is -0.670. The van der Waals surface area contributed by atoms with E-state index in [1.165, 1.54) is 0 Å². The monoisotopic (exact) mass is 433 g/mol. The number of aromatic nitrogens is 2. The summed E-state index contributed by atoms with van der Waals surface area (Å²) in [4.78, 5) is 25.3. The zero-order valence-corrected chi connectivity index (χ0v) is 18.1. The Hall–Kier alpha value is -3.75. The van der Waals surface area contributed by atoms with E-state index in [4.69, 9.17) is 10.2 Å². The number of aliphatic hydroxyl groups is 1. The van der Waals surface area contributed by atoms with Crippen LogP contribution in [-0.4, -0.2) is 57.9 Å². The van der Waals surface area contributed by atoms with E-state index in [2.05, 4.69) is 5.10 Å². The Balaban J connectivity index is 1.78. The van der Waals surface area contributed by atoms with Crippen LogP contribution in [0.15, 0.2) is 65.3 Å². The van der Waals surface area contributed by atoms with Gasteiger partial charge in [0.2, 0.25) is 0 Å². The number of hydrogen-bond acceptors (Lipinski definition) is 5. The quantitative estimate of drug-likeness (QED) is 0.454. The number of nitrogens with two attached hydrogens (primary N) is 1. The van der Waals surface area contributed by atoms with Crippen LogP contribution in [0.25, 0.3) is 27.8 Å². The third kappa shape index (κ3) is 3.59. The van der Waals surface area contributed by atoms with Gasteiger partial charge in [-0.1, -0.05) is 24.3 Å². The third-order valence-corrected chi connectivity index (χ3v) is 5.82. The van der Waals surface area contributed by atoms with Crippen molar-refractivity contribution in [3.63, 3.8) is 0 Å². The van der Waals surface area contributed by atoms with E-state index < -0.39 is 23.0 Å². The van der Waals surface area contributed by atoms with Crippen molar-refractivity contribution in [3.8, 4) is 16.8 Å². The van der Waals surface area contributed by atoms with Gasteiger partial charge in [0, 0.05) is 17.1 Å². The average molecular weight is 433 g/mol. The molecule has 2 heterocycles. The smallest absolute Gasteiger partial charge is 0.350 e. The maximum Gasteiger partial charge on any atom is 0.350 e. The zero-order valence-electron chi connectivity index (χ0n) is 18.1. The molecule has 8 nitrogen and oxygen atoms in total. The van der Waals surface area contributed by atoms with Gasteiger partial charge >= 0.3 is 5.91 Å². The fourth-order valence-electron chi connectivity index (χ4n) is 3.90. The number of carbonyl (C=O) groups is 2. The minimum Gasteiger partial charge on any atom is -0.460 e. The van der Waals surface area contributed by atoms with Crippen LogP contribution in [0.1, 0.15) is 16.1 Å². The average Bonchev–Trinajstić information content (AvgIpc) is 3.37. The number of aryl methyl sites for hydroxylation is 1. The third-order valence-electron chi connectivity index (χ3n) is 5.82. The second kappa shape index (κ2) is 8.07. The highest BCUT2D eigenvalue weighted by molar-refractivity contribution is 6.05. The normalized spacial score (nSPS) is 12.8. The lowest BCUT2D eigenvalue weighted by atomic mass is 10.0. The molecule has 0 saturated heterocycles. The molecule has 2 aromatic carbocycles. The van der Waals surface area contributed by atoms with Crippen LogP contribution in [0, 0.1) is 6.92 Å². The Morgan fingerprint density at radius 2 is 1.88 bits per heavy atom. The molecule has 0 saturated carbocycles. The molecule has 4 aromatic rings. The first-order valence-corrected chi connectivity index (χ1v) is 10.2. The van der Waals surface area contributed by atoms with Gasteiger partial charge in [-0.05, 0) is 36.8 Å². The number of hydrogen-bond donors (Lipinski definition) is 2. The van der Waals surface area contributed by atoms with Gasteiger partial charge in [0.15, 0.2) is 6.04 Å². The summed E-state index contributed by atoms with van der Waals surface area (Å²) < 4.78 is 7.19. The molecule has 0 aliphatic heterocycles. The predicted molar refractivity (Wildman–Crippen MR) is 120 cm³/mol. The van der Waals surface area contributed by atoms with Crippen LogP contribution < -0.4 is 5.73 Å².